The summed E-state index contributed by atoms with van der Waals surface area (Å²) in [5.74, 6) is -0.632. The minimum atomic E-state index is -0.517. The molecule has 34 heavy (non-hydrogen) atoms. The first kappa shape index (κ1) is 23.1. The second-order valence-electron chi connectivity index (χ2n) is 7.80. The number of nitrogens with two attached hydrogens (primary N) is 1. The lowest BCUT2D eigenvalue weighted by Gasteiger charge is -2.10. The first-order chi connectivity index (χ1) is 16.4. The lowest BCUT2D eigenvalue weighted by Crippen LogP contribution is -2.15. The second-order valence-corrected chi connectivity index (χ2v) is 8.74. The predicted molar refractivity (Wildman–Crippen MR) is 134 cm³/mol. The van der Waals surface area contributed by atoms with E-state index in [4.69, 9.17) is 10.7 Å². The van der Waals surface area contributed by atoms with Gasteiger partial charge < -0.3 is 11.1 Å². The van der Waals surface area contributed by atoms with Crippen molar-refractivity contribution in [3.8, 4) is 22.5 Å². The lowest BCUT2D eigenvalue weighted by molar-refractivity contribution is -0.113. The van der Waals surface area contributed by atoms with E-state index in [0.717, 1.165) is 22.3 Å². The highest BCUT2D eigenvalue weighted by molar-refractivity contribution is 7.99. The average molecular weight is 470 g/mol. The van der Waals surface area contributed by atoms with Gasteiger partial charge in [0.15, 0.2) is 0 Å². The fraction of sp³-hybridized carbons (Fsp3) is 0.115. The first-order valence-electron chi connectivity index (χ1n) is 10.6. The summed E-state index contributed by atoms with van der Waals surface area (Å²) in [6, 6.07) is 22.5. The van der Waals surface area contributed by atoms with Crippen LogP contribution in [0.25, 0.3) is 22.5 Å². The van der Waals surface area contributed by atoms with Gasteiger partial charge in [0.25, 0.3) is 0 Å². The van der Waals surface area contributed by atoms with Crippen LogP contribution < -0.4 is 11.1 Å². The number of carbonyl (C=O) groups is 2. The largest absolute Gasteiger partial charge is 0.366 e. The highest BCUT2D eigenvalue weighted by Crippen LogP contribution is 2.30. The number of hydrogen-bond acceptors (Lipinski definition) is 6. The van der Waals surface area contributed by atoms with Gasteiger partial charge in [0.05, 0.1) is 5.75 Å². The van der Waals surface area contributed by atoms with Gasteiger partial charge in [-0.25, -0.2) is 4.98 Å². The lowest BCUT2D eigenvalue weighted by atomic mass is 10.0. The molecule has 0 atom stereocenters. The number of hydrogen-bond donors (Lipinski definition) is 2. The Balaban J connectivity index is 1.53. The first-order valence-corrected chi connectivity index (χ1v) is 11.6. The van der Waals surface area contributed by atoms with Gasteiger partial charge in [-0.15, -0.1) is 10.2 Å². The Kier molecular flexibility index (Phi) is 6.98. The Bertz CT molecular complexity index is 1320. The maximum absolute atomic E-state index is 12.4. The molecule has 0 radical (unpaired) electrons. The van der Waals surface area contributed by atoms with Crippen molar-refractivity contribution < 1.29 is 9.59 Å². The van der Waals surface area contributed by atoms with E-state index in [1.807, 2.05) is 62.4 Å². The molecule has 0 aliphatic carbocycles. The quantitative estimate of drug-likeness (QED) is 0.381. The number of aromatic nitrogens is 3. The van der Waals surface area contributed by atoms with Crippen molar-refractivity contribution in [1.29, 1.82) is 0 Å². The van der Waals surface area contributed by atoms with Crippen LogP contribution in [0, 0.1) is 13.8 Å². The zero-order valence-corrected chi connectivity index (χ0v) is 19.6. The van der Waals surface area contributed by atoms with Gasteiger partial charge in [-0.05, 0) is 38.1 Å². The third-order valence-electron chi connectivity index (χ3n) is 5.10. The van der Waals surface area contributed by atoms with Crippen LogP contribution in [0.4, 0.5) is 5.69 Å². The molecule has 0 aliphatic rings. The molecule has 4 rings (SSSR count). The maximum atomic E-state index is 12.4. The van der Waals surface area contributed by atoms with E-state index in [1.165, 1.54) is 11.8 Å². The number of rotatable bonds is 7. The number of amides is 2. The van der Waals surface area contributed by atoms with E-state index in [-0.39, 0.29) is 11.7 Å². The van der Waals surface area contributed by atoms with E-state index >= 15 is 0 Å². The molecule has 3 aromatic carbocycles. The summed E-state index contributed by atoms with van der Waals surface area (Å²) in [6.07, 6.45) is 0. The SMILES string of the molecule is Cc1ccc(-c2nnc(SCC(=O)Nc3ccc(C(N)=O)cc3)nc2-c2ccc(C)cc2)cc1. The van der Waals surface area contributed by atoms with Crippen LogP contribution in [0.2, 0.25) is 0 Å². The summed E-state index contributed by atoms with van der Waals surface area (Å²) < 4.78 is 0. The molecule has 7 nitrogen and oxygen atoms in total. The molecule has 1 heterocycles. The Labute approximate surface area is 201 Å². The Hall–Kier alpha value is -4.04. The molecule has 0 fully saturated rings. The van der Waals surface area contributed by atoms with Gasteiger partial charge in [0.2, 0.25) is 17.0 Å². The van der Waals surface area contributed by atoms with Crippen LogP contribution >= 0.6 is 11.8 Å². The molecule has 3 N–H and O–H groups in total. The van der Waals surface area contributed by atoms with Crippen LogP contribution in [-0.2, 0) is 4.79 Å². The standard InChI is InChI=1S/C26H23N5O2S/c1-16-3-7-18(8-4-16)23-24(19-9-5-17(2)6-10-19)30-31-26(29-23)34-15-22(32)28-21-13-11-20(12-14-21)25(27)33/h3-14H,15H2,1-2H3,(H2,27,33)(H,28,32). The fourth-order valence-corrected chi connectivity index (χ4v) is 3.82. The molecule has 4 aromatic rings. The monoisotopic (exact) mass is 469 g/mol. The number of nitrogens with zero attached hydrogens (tertiary/aromatic N) is 3. The fourth-order valence-electron chi connectivity index (χ4n) is 3.24. The number of anilines is 1. The minimum Gasteiger partial charge on any atom is -0.366 e. The molecule has 0 saturated heterocycles. The Morgan fingerprint density at radius 2 is 1.35 bits per heavy atom. The van der Waals surface area contributed by atoms with Crippen LogP contribution in [0.3, 0.4) is 0 Å². The van der Waals surface area contributed by atoms with Crippen molar-refractivity contribution in [2.75, 3.05) is 11.1 Å². The number of primary amides is 1. The molecule has 0 spiro atoms. The van der Waals surface area contributed by atoms with Gasteiger partial charge in [-0.2, -0.15) is 0 Å². The zero-order chi connectivity index (χ0) is 24.1. The van der Waals surface area contributed by atoms with Crippen LogP contribution in [0.5, 0.6) is 0 Å². The maximum Gasteiger partial charge on any atom is 0.248 e. The third kappa shape index (κ3) is 5.65. The number of carbonyl (C=O) groups excluding carboxylic acids is 2. The summed E-state index contributed by atoms with van der Waals surface area (Å²) in [7, 11) is 0. The minimum absolute atomic E-state index is 0.108. The molecule has 8 heteroatoms. The summed E-state index contributed by atoms with van der Waals surface area (Å²) >= 11 is 1.20. The molecule has 0 saturated carbocycles. The number of aryl methyl sites for hydroxylation is 2. The summed E-state index contributed by atoms with van der Waals surface area (Å²) in [6.45, 7) is 4.07. The van der Waals surface area contributed by atoms with Crippen molar-refractivity contribution >= 4 is 29.3 Å². The second kappa shape index (κ2) is 10.3. The normalized spacial score (nSPS) is 10.6. The van der Waals surface area contributed by atoms with Crippen molar-refractivity contribution in [3.63, 3.8) is 0 Å². The van der Waals surface area contributed by atoms with Gasteiger partial charge in [0.1, 0.15) is 11.4 Å². The van der Waals surface area contributed by atoms with Gasteiger partial charge in [0, 0.05) is 22.4 Å². The van der Waals surface area contributed by atoms with E-state index in [2.05, 4.69) is 15.5 Å². The zero-order valence-electron chi connectivity index (χ0n) is 18.8. The topological polar surface area (TPSA) is 111 Å². The molecule has 0 unspecified atom stereocenters. The Morgan fingerprint density at radius 1 is 0.794 bits per heavy atom. The van der Waals surface area contributed by atoms with E-state index in [0.29, 0.717) is 27.8 Å². The van der Waals surface area contributed by atoms with E-state index in [1.54, 1.807) is 24.3 Å². The van der Waals surface area contributed by atoms with Gasteiger partial charge in [-0.1, -0.05) is 71.4 Å². The predicted octanol–water partition coefficient (Wildman–Crippen LogP) is 4.65. The van der Waals surface area contributed by atoms with Crippen LogP contribution in [-0.4, -0.2) is 32.7 Å². The van der Waals surface area contributed by atoms with Crippen molar-refractivity contribution in [2.24, 2.45) is 5.73 Å². The molecular formula is C26H23N5O2S. The van der Waals surface area contributed by atoms with Gasteiger partial charge >= 0.3 is 0 Å². The number of nitrogens with one attached hydrogen (secondary N) is 1. The molecular weight excluding hydrogens is 446 g/mol. The highest BCUT2D eigenvalue weighted by Gasteiger charge is 2.15. The molecule has 0 aliphatic heterocycles. The van der Waals surface area contributed by atoms with Crippen molar-refractivity contribution in [2.45, 2.75) is 19.0 Å². The number of thioether (sulfide) groups is 1. The van der Waals surface area contributed by atoms with Gasteiger partial charge in [-0.3, -0.25) is 9.59 Å². The summed E-state index contributed by atoms with van der Waals surface area (Å²) in [4.78, 5) is 28.3. The Morgan fingerprint density at radius 3 is 1.91 bits per heavy atom. The summed E-state index contributed by atoms with van der Waals surface area (Å²) in [5, 5.41) is 11.9. The van der Waals surface area contributed by atoms with Crippen molar-refractivity contribution in [1.82, 2.24) is 15.2 Å². The highest BCUT2D eigenvalue weighted by atomic mass is 32.2. The number of benzene rings is 3. The molecule has 2 amide bonds. The molecule has 1 aromatic heterocycles. The summed E-state index contributed by atoms with van der Waals surface area (Å²) in [5.41, 5.74) is 11.8. The van der Waals surface area contributed by atoms with E-state index < -0.39 is 5.91 Å². The smallest absolute Gasteiger partial charge is 0.248 e. The average Bonchev–Trinajstić information content (AvgIpc) is 2.84. The van der Waals surface area contributed by atoms with Crippen molar-refractivity contribution in [3.05, 3.63) is 89.5 Å². The molecule has 170 valence electrons. The van der Waals surface area contributed by atoms with Crippen LogP contribution in [0.1, 0.15) is 21.5 Å². The third-order valence-corrected chi connectivity index (χ3v) is 5.94. The van der Waals surface area contributed by atoms with Crippen LogP contribution in [0.15, 0.2) is 78.0 Å². The molecule has 0 bridgehead atoms. The van der Waals surface area contributed by atoms with E-state index in [9.17, 15) is 9.59 Å².